The molecule has 6 aromatic carbocycles. The highest BCUT2D eigenvalue weighted by atomic mass is 28.3. The molecule has 50 heavy (non-hydrogen) atoms. The fourth-order valence-corrected chi connectivity index (χ4v) is 12.4. The maximum absolute atomic E-state index is 2.67. The van der Waals surface area contributed by atoms with Crippen LogP contribution in [-0.4, -0.2) is 19.4 Å². The zero-order chi connectivity index (χ0) is 34.1. The van der Waals surface area contributed by atoms with E-state index < -0.39 is 8.07 Å². The lowest BCUT2D eigenvalue weighted by Crippen LogP contribution is -2.67. The molecule has 4 heterocycles. The van der Waals surface area contributed by atoms with E-state index in [0.717, 1.165) is 0 Å². The average Bonchev–Trinajstić information content (AvgIpc) is 3.46. The Bertz CT molecular complexity index is 2530. The van der Waals surface area contributed by atoms with Crippen LogP contribution >= 0.6 is 0 Å². The highest BCUT2D eigenvalue weighted by Crippen LogP contribution is 2.48. The fourth-order valence-electron chi connectivity index (χ4n) is 9.26. The molecule has 0 aliphatic carbocycles. The predicted octanol–water partition coefficient (Wildman–Crippen LogP) is 8.59. The Morgan fingerprint density at radius 3 is 1.94 bits per heavy atom. The van der Waals surface area contributed by atoms with Crippen molar-refractivity contribution < 1.29 is 0 Å². The van der Waals surface area contributed by atoms with Gasteiger partial charge >= 0.3 is 0 Å². The number of para-hydroxylation sites is 3. The number of nitrogens with zero attached hydrogens (tertiary/aromatic N) is 3. The first-order valence-electron chi connectivity index (χ1n) is 18.0. The molecule has 0 saturated carbocycles. The summed E-state index contributed by atoms with van der Waals surface area (Å²) in [6.07, 6.45) is 0. The van der Waals surface area contributed by atoms with Gasteiger partial charge < -0.3 is 4.90 Å². The van der Waals surface area contributed by atoms with Gasteiger partial charge in [0.1, 0.15) is 13.9 Å². The van der Waals surface area contributed by atoms with Gasteiger partial charge in [0.05, 0.1) is 5.52 Å². The van der Waals surface area contributed by atoms with E-state index in [4.69, 9.17) is 0 Å². The summed E-state index contributed by atoms with van der Waals surface area (Å²) in [6, 6.07) is 48.3. The minimum atomic E-state index is -2.06. The number of hydrogen-bond acceptors (Lipinski definition) is 2. The Labute approximate surface area is 296 Å². The molecule has 5 heteroatoms. The summed E-state index contributed by atoms with van der Waals surface area (Å²) in [5, 5.41) is 4.39. The molecular weight excluding hydrogens is 621 g/mol. The van der Waals surface area contributed by atoms with Gasteiger partial charge in [0, 0.05) is 34.1 Å². The van der Waals surface area contributed by atoms with Gasteiger partial charge in [-0.2, -0.15) is 0 Å². The molecule has 0 spiro atoms. The van der Waals surface area contributed by atoms with Crippen molar-refractivity contribution in [1.82, 2.24) is 4.57 Å². The van der Waals surface area contributed by atoms with Crippen LogP contribution in [0.25, 0.3) is 16.6 Å². The van der Waals surface area contributed by atoms with Gasteiger partial charge in [-0.25, -0.2) is 0 Å². The standard InChI is InChI=1S/C45H40BN3Si/c1-28(2)31-26-38-43-39(27-31)49-37-22-21-29(3)24-40(37)50(5,6)41-25-30(4)23-35(44(41)49)46(43)42-34-19-13-14-20-36(34)47(32-15-9-7-10-16-32)45(42)48(38)33-17-11-8-12-18-33/h7-28H,1-6H3. The van der Waals surface area contributed by atoms with E-state index in [9.17, 15) is 0 Å². The molecule has 3 aliphatic heterocycles. The smallest absolute Gasteiger partial charge is 0.255 e. The second-order valence-corrected chi connectivity index (χ2v) is 19.7. The Morgan fingerprint density at radius 2 is 1.22 bits per heavy atom. The molecule has 10 rings (SSSR count). The molecule has 1 aromatic heterocycles. The van der Waals surface area contributed by atoms with Gasteiger partial charge in [0.15, 0.2) is 0 Å². The van der Waals surface area contributed by atoms with Crippen LogP contribution in [0.15, 0.2) is 127 Å². The van der Waals surface area contributed by atoms with Gasteiger partial charge in [-0.15, -0.1) is 0 Å². The highest BCUT2D eigenvalue weighted by Gasteiger charge is 2.50. The third-order valence-corrected chi connectivity index (χ3v) is 15.0. The van der Waals surface area contributed by atoms with E-state index >= 15 is 0 Å². The van der Waals surface area contributed by atoms with Gasteiger partial charge in [-0.1, -0.05) is 117 Å². The molecule has 0 atom stereocenters. The summed E-state index contributed by atoms with van der Waals surface area (Å²) in [5.41, 5.74) is 17.2. The predicted molar refractivity (Wildman–Crippen MR) is 218 cm³/mol. The van der Waals surface area contributed by atoms with Gasteiger partial charge in [0.25, 0.3) is 6.71 Å². The Morgan fingerprint density at radius 1 is 0.580 bits per heavy atom. The third kappa shape index (κ3) is 3.87. The van der Waals surface area contributed by atoms with Crippen molar-refractivity contribution in [2.45, 2.75) is 46.7 Å². The maximum Gasteiger partial charge on any atom is 0.255 e. The van der Waals surface area contributed by atoms with Crippen molar-refractivity contribution in [3.05, 3.63) is 144 Å². The van der Waals surface area contributed by atoms with Crippen LogP contribution in [-0.2, 0) is 0 Å². The van der Waals surface area contributed by atoms with Crippen molar-refractivity contribution in [2.75, 3.05) is 9.80 Å². The van der Waals surface area contributed by atoms with E-state index in [1.54, 1.807) is 5.19 Å². The van der Waals surface area contributed by atoms with E-state index in [0.29, 0.717) is 5.92 Å². The van der Waals surface area contributed by atoms with Crippen LogP contribution in [0.5, 0.6) is 0 Å². The zero-order valence-electron chi connectivity index (χ0n) is 29.6. The number of anilines is 6. The quantitative estimate of drug-likeness (QED) is 0.176. The lowest BCUT2D eigenvalue weighted by Gasteiger charge is -2.49. The molecule has 0 fully saturated rings. The number of aromatic nitrogens is 1. The second kappa shape index (κ2) is 10.4. The monoisotopic (exact) mass is 661 g/mol. The van der Waals surface area contributed by atoms with Crippen LogP contribution in [0.2, 0.25) is 13.1 Å². The van der Waals surface area contributed by atoms with Gasteiger partial charge in [0.2, 0.25) is 0 Å². The van der Waals surface area contributed by atoms with E-state index in [-0.39, 0.29) is 6.71 Å². The molecule has 7 aromatic rings. The molecule has 0 amide bonds. The first-order valence-corrected chi connectivity index (χ1v) is 21.0. The number of hydrogen-bond donors (Lipinski definition) is 0. The number of fused-ring (bicyclic) bond motifs is 8. The van der Waals surface area contributed by atoms with E-state index in [1.807, 2.05) is 0 Å². The SMILES string of the molecule is Cc1ccc2c(c1)[Si](C)(C)c1cc(C)cc3c1N2c1cc(C(C)C)cc2c1B3c1c(n(-c3ccccc3)c3ccccc13)N2c1ccccc1. The molecule has 3 nitrogen and oxygen atoms in total. The Hall–Kier alpha value is -5.26. The summed E-state index contributed by atoms with van der Waals surface area (Å²) < 4.78 is 2.52. The van der Waals surface area contributed by atoms with Crippen LogP contribution in [0.4, 0.5) is 34.3 Å². The molecule has 0 unspecified atom stereocenters. The largest absolute Gasteiger partial charge is 0.312 e. The van der Waals surface area contributed by atoms with Crippen LogP contribution in [0, 0.1) is 13.8 Å². The minimum Gasteiger partial charge on any atom is -0.312 e. The maximum atomic E-state index is 2.67. The Balaban J connectivity index is 1.43. The van der Waals surface area contributed by atoms with Crippen LogP contribution < -0.4 is 36.6 Å². The van der Waals surface area contributed by atoms with Crippen molar-refractivity contribution in [1.29, 1.82) is 0 Å². The molecule has 0 radical (unpaired) electrons. The molecule has 0 saturated heterocycles. The first-order chi connectivity index (χ1) is 24.2. The molecule has 3 aliphatic rings. The first kappa shape index (κ1) is 29.6. The van der Waals surface area contributed by atoms with Crippen LogP contribution in [0.3, 0.4) is 0 Å². The summed E-state index contributed by atoms with van der Waals surface area (Å²) in [4.78, 5) is 5.24. The molecule has 0 bridgehead atoms. The second-order valence-electron chi connectivity index (χ2n) is 15.4. The lowest BCUT2D eigenvalue weighted by atomic mass is 9.33. The van der Waals surface area contributed by atoms with Crippen molar-refractivity contribution in [2.24, 2.45) is 0 Å². The minimum absolute atomic E-state index is 0.0766. The van der Waals surface area contributed by atoms with Crippen molar-refractivity contribution in [3.63, 3.8) is 0 Å². The topological polar surface area (TPSA) is 11.4 Å². The third-order valence-electron chi connectivity index (χ3n) is 11.6. The normalized spacial score (nSPS) is 14.8. The Kier molecular flexibility index (Phi) is 6.15. The molecule has 0 N–H and O–H groups in total. The van der Waals surface area contributed by atoms with Crippen molar-refractivity contribution in [3.8, 4) is 5.69 Å². The van der Waals surface area contributed by atoms with E-state index in [2.05, 4.69) is 183 Å². The number of rotatable bonds is 3. The van der Waals surface area contributed by atoms with Crippen LogP contribution in [0.1, 0.15) is 36.5 Å². The summed E-state index contributed by atoms with van der Waals surface area (Å²) in [6.45, 7) is 14.4. The van der Waals surface area contributed by atoms with Gasteiger partial charge in [-0.05, 0) is 106 Å². The summed E-state index contributed by atoms with van der Waals surface area (Å²) in [5.74, 6) is 1.60. The lowest BCUT2D eigenvalue weighted by molar-refractivity contribution is 0.866. The molecule has 242 valence electrons. The van der Waals surface area contributed by atoms with Gasteiger partial charge in [-0.3, -0.25) is 9.47 Å². The fraction of sp³-hybridized carbons (Fsp3) is 0.156. The summed E-state index contributed by atoms with van der Waals surface area (Å²) >= 11 is 0. The zero-order valence-corrected chi connectivity index (χ0v) is 30.6. The van der Waals surface area contributed by atoms with E-state index in [1.165, 1.54) is 89.1 Å². The highest BCUT2D eigenvalue weighted by molar-refractivity contribution is 7.06. The summed E-state index contributed by atoms with van der Waals surface area (Å²) in [7, 11) is -2.06. The average molecular weight is 662 g/mol. The molecular formula is C45H40BN3Si. The van der Waals surface area contributed by atoms with Crippen molar-refractivity contribution >= 4 is 86.7 Å². The number of aryl methyl sites for hydroxylation is 2. The number of benzene rings is 6.